The van der Waals surface area contributed by atoms with Gasteiger partial charge >= 0.3 is 0 Å². The minimum Gasteiger partial charge on any atom is -0.382 e. The molecule has 1 aliphatic rings. The highest BCUT2D eigenvalue weighted by atomic mass is 79.9. The average molecular weight is 286 g/mol. The van der Waals surface area contributed by atoms with Crippen molar-refractivity contribution < 1.29 is 4.39 Å². The summed E-state index contributed by atoms with van der Waals surface area (Å²) >= 11 is 3.23. The summed E-state index contributed by atoms with van der Waals surface area (Å²) in [6.07, 6.45) is 3.78. The highest BCUT2D eigenvalue weighted by molar-refractivity contribution is 9.10. The second kappa shape index (κ2) is 4.74. The maximum atomic E-state index is 13.3. The van der Waals surface area contributed by atoms with Crippen molar-refractivity contribution in [3.63, 3.8) is 0 Å². The van der Waals surface area contributed by atoms with Crippen molar-refractivity contribution in [3.05, 3.63) is 28.0 Å². The first-order valence-corrected chi connectivity index (χ1v) is 6.63. The first-order chi connectivity index (χ1) is 7.61. The van der Waals surface area contributed by atoms with Crippen LogP contribution in [-0.2, 0) is 0 Å². The fourth-order valence-electron chi connectivity index (χ4n) is 2.05. The van der Waals surface area contributed by atoms with Crippen LogP contribution in [0.4, 0.5) is 10.1 Å². The van der Waals surface area contributed by atoms with Crippen molar-refractivity contribution >= 4 is 21.6 Å². The van der Waals surface area contributed by atoms with E-state index in [0.717, 1.165) is 23.6 Å². The van der Waals surface area contributed by atoms with Crippen LogP contribution in [-0.4, -0.2) is 6.04 Å². The molecule has 1 N–H and O–H groups in total. The molecule has 2 rings (SSSR count). The van der Waals surface area contributed by atoms with Crippen LogP contribution >= 0.6 is 15.9 Å². The van der Waals surface area contributed by atoms with Crippen molar-refractivity contribution in [2.45, 2.75) is 39.2 Å². The lowest BCUT2D eigenvalue weighted by atomic mass is 10.1. The normalized spacial score (nSPS) is 17.2. The molecule has 1 aromatic carbocycles. The SMILES string of the molecule is CCC(Nc1cc(Br)c(F)cc1C)C1CC1. The van der Waals surface area contributed by atoms with Gasteiger partial charge in [0.2, 0.25) is 0 Å². The van der Waals surface area contributed by atoms with Gasteiger partial charge in [0.25, 0.3) is 0 Å². The zero-order chi connectivity index (χ0) is 11.7. The van der Waals surface area contributed by atoms with Crippen LogP contribution < -0.4 is 5.32 Å². The van der Waals surface area contributed by atoms with Crippen LogP contribution in [0.15, 0.2) is 16.6 Å². The Balaban J connectivity index is 2.16. The molecule has 1 unspecified atom stereocenters. The molecule has 0 bridgehead atoms. The number of benzene rings is 1. The number of aryl methyl sites for hydroxylation is 1. The van der Waals surface area contributed by atoms with Crippen LogP contribution in [0.1, 0.15) is 31.7 Å². The van der Waals surface area contributed by atoms with Gasteiger partial charge in [0.15, 0.2) is 0 Å². The number of nitrogens with one attached hydrogen (secondary N) is 1. The minimum absolute atomic E-state index is 0.192. The van der Waals surface area contributed by atoms with Gasteiger partial charge in [0.05, 0.1) is 4.47 Å². The molecule has 3 heteroatoms. The van der Waals surface area contributed by atoms with Gasteiger partial charge in [0.1, 0.15) is 5.82 Å². The molecular formula is C13H17BrFN. The van der Waals surface area contributed by atoms with Gasteiger partial charge in [-0.15, -0.1) is 0 Å². The molecule has 0 aliphatic heterocycles. The largest absolute Gasteiger partial charge is 0.382 e. The summed E-state index contributed by atoms with van der Waals surface area (Å²) in [4.78, 5) is 0. The van der Waals surface area contributed by atoms with Crippen LogP contribution in [0.2, 0.25) is 0 Å². The summed E-state index contributed by atoms with van der Waals surface area (Å²) in [6.45, 7) is 4.14. The van der Waals surface area contributed by atoms with Gasteiger partial charge in [-0.2, -0.15) is 0 Å². The van der Waals surface area contributed by atoms with Crippen molar-refractivity contribution in [3.8, 4) is 0 Å². The molecular weight excluding hydrogens is 269 g/mol. The highest BCUT2D eigenvalue weighted by Gasteiger charge is 2.30. The molecule has 1 nitrogen and oxygen atoms in total. The van der Waals surface area contributed by atoms with Gasteiger partial charge in [0, 0.05) is 11.7 Å². The summed E-state index contributed by atoms with van der Waals surface area (Å²) in [5.41, 5.74) is 2.02. The van der Waals surface area contributed by atoms with E-state index in [9.17, 15) is 4.39 Å². The van der Waals surface area contributed by atoms with E-state index < -0.39 is 0 Å². The summed E-state index contributed by atoms with van der Waals surface area (Å²) in [7, 11) is 0. The van der Waals surface area contributed by atoms with E-state index in [0.29, 0.717) is 10.5 Å². The predicted octanol–water partition coefficient (Wildman–Crippen LogP) is 4.50. The molecule has 0 radical (unpaired) electrons. The maximum absolute atomic E-state index is 13.3. The third-order valence-electron chi connectivity index (χ3n) is 3.24. The van der Waals surface area contributed by atoms with E-state index in [2.05, 4.69) is 28.2 Å². The zero-order valence-corrected chi connectivity index (χ0v) is 11.3. The molecule has 1 fully saturated rings. The van der Waals surface area contributed by atoms with Crippen LogP contribution in [0, 0.1) is 18.7 Å². The number of hydrogen-bond acceptors (Lipinski definition) is 1. The highest BCUT2D eigenvalue weighted by Crippen LogP contribution is 2.36. The van der Waals surface area contributed by atoms with E-state index in [1.807, 2.05) is 13.0 Å². The maximum Gasteiger partial charge on any atom is 0.137 e. The monoisotopic (exact) mass is 285 g/mol. The second-order valence-corrected chi connectivity index (χ2v) is 5.43. The summed E-state index contributed by atoms with van der Waals surface area (Å²) in [6, 6.07) is 3.96. The Morgan fingerprint density at radius 1 is 1.50 bits per heavy atom. The molecule has 0 spiro atoms. The molecule has 16 heavy (non-hydrogen) atoms. The van der Waals surface area contributed by atoms with Gasteiger partial charge < -0.3 is 5.32 Å². The molecule has 0 saturated heterocycles. The Bertz CT molecular complexity index is 388. The summed E-state index contributed by atoms with van der Waals surface area (Å²) < 4.78 is 13.8. The molecule has 0 heterocycles. The lowest BCUT2D eigenvalue weighted by Crippen LogP contribution is -2.21. The molecule has 1 atom stereocenters. The van der Waals surface area contributed by atoms with Crippen molar-refractivity contribution in [1.29, 1.82) is 0 Å². The molecule has 1 saturated carbocycles. The fourth-order valence-corrected chi connectivity index (χ4v) is 2.40. The minimum atomic E-state index is -0.192. The number of halogens is 2. The van der Waals surface area contributed by atoms with Crippen LogP contribution in [0.5, 0.6) is 0 Å². The lowest BCUT2D eigenvalue weighted by molar-refractivity contribution is 0.610. The molecule has 1 aromatic rings. The van der Waals surface area contributed by atoms with E-state index in [-0.39, 0.29) is 5.82 Å². The number of anilines is 1. The van der Waals surface area contributed by atoms with E-state index in [1.54, 1.807) is 6.07 Å². The molecule has 88 valence electrons. The van der Waals surface area contributed by atoms with Gasteiger partial charge in [-0.25, -0.2) is 4.39 Å². The first-order valence-electron chi connectivity index (χ1n) is 5.84. The Morgan fingerprint density at radius 2 is 2.19 bits per heavy atom. The number of hydrogen-bond donors (Lipinski definition) is 1. The number of rotatable bonds is 4. The lowest BCUT2D eigenvalue weighted by Gasteiger charge is -2.19. The quantitative estimate of drug-likeness (QED) is 0.859. The Labute approximate surface area is 105 Å². The van der Waals surface area contributed by atoms with Crippen LogP contribution in [0.3, 0.4) is 0 Å². The molecule has 1 aliphatic carbocycles. The topological polar surface area (TPSA) is 12.0 Å². The Kier molecular flexibility index (Phi) is 3.53. The first kappa shape index (κ1) is 11.9. The van der Waals surface area contributed by atoms with Crippen molar-refractivity contribution in [2.75, 3.05) is 5.32 Å². The zero-order valence-electron chi connectivity index (χ0n) is 9.69. The standard InChI is InChI=1S/C13H17BrFN/c1-3-12(9-4-5-9)16-13-7-10(14)11(15)6-8(13)2/h6-7,9,12,16H,3-5H2,1-2H3. The Morgan fingerprint density at radius 3 is 2.75 bits per heavy atom. The predicted molar refractivity (Wildman–Crippen MR) is 69.3 cm³/mol. The second-order valence-electron chi connectivity index (χ2n) is 4.58. The van der Waals surface area contributed by atoms with Gasteiger partial charge in [-0.3, -0.25) is 0 Å². The fraction of sp³-hybridized carbons (Fsp3) is 0.538. The molecule has 0 aromatic heterocycles. The third-order valence-corrected chi connectivity index (χ3v) is 3.85. The van der Waals surface area contributed by atoms with E-state index in [1.165, 1.54) is 12.8 Å². The average Bonchev–Trinajstić information content (AvgIpc) is 3.05. The molecule has 0 amide bonds. The van der Waals surface area contributed by atoms with E-state index in [4.69, 9.17) is 0 Å². The van der Waals surface area contributed by atoms with Crippen molar-refractivity contribution in [1.82, 2.24) is 0 Å². The smallest absolute Gasteiger partial charge is 0.137 e. The van der Waals surface area contributed by atoms with E-state index >= 15 is 0 Å². The summed E-state index contributed by atoms with van der Waals surface area (Å²) in [5, 5.41) is 3.53. The third kappa shape index (κ3) is 2.57. The van der Waals surface area contributed by atoms with Crippen LogP contribution in [0.25, 0.3) is 0 Å². The summed E-state index contributed by atoms with van der Waals surface area (Å²) in [5.74, 6) is 0.621. The van der Waals surface area contributed by atoms with Gasteiger partial charge in [-0.1, -0.05) is 6.92 Å². The van der Waals surface area contributed by atoms with Crippen molar-refractivity contribution in [2.24, 2.45) is 5.92 Å². The Hall–Kier alpha value is -0.570. The van der Waals surface area contributed by atoms with Gasteiger partial charge in [-0.05, 0) is 65.7 Å².